The van der Waals surface area contributed by atoms with Gasteiger partial charge < -0.3 is 14.9 Å². The van der Waals surface area contributed by atoms with Crippen LogP contribution in [0.15, 0.2) is 11.0 Å². The number of nitrogens with one attached hydrogen (secondary N) is 1. The Hall–Kier alpha value is -1.48. The minimum absolute atomic E-state index is 0.110. The number of ether oxygens (including phenoxy) is 1. The molecule has 2 rings (SSSR count). The molecule has 0 radical (unpaired) electrons. The van der Waals surface area contributed by atoms with E-state index in [-0.39, 0.29) is 18.8 Å². The zero-order valence-electron chi connectivity index (χ0n) is 11.2. The van der Waals surface area contributed by atoms with Gasteiger partial charge in [0, 0.05) is 18.2 Å². The van der Waals surface area contributed by atoms with E-state index in [9.17, 15) is 9.90 Å². The normalized spacial score (nSPS) is 25.9. The lowest BCUT2D eigenvalue weighted by molar-refractivity contribution is -0.0530. The van der Waals surface area contributed by atoms with Crippen molar-refractivity contribution >= 4 is 5.82 Å². The van der Waals surface area contributed by atoms with Crippen molar-refractivity contribution in [2.45, 2.75) is 44.6 Å². The molecule has 0 saturated carbocycles. The van der Waals surface area contributed by atoms with Gasteiger partial charge in [-0.2, -0.15) is 4.98 Å². The van der Waals surface area contributed by atoms with Crippen molar-refractivity contribution in [1.82, 2.24) is 9.55 Å². The van der Waals surface area contributed by atoms with Gasteiger partial charge in [-0.25, -0.2) is 4.79 Å². The number of aryl methyl sites for hydroxylation is 1. The summed E-state index contributed by atoms with van der Waals surface area (Å²) >= 11 is 0. The zero-order valence-corrected chi connectivity index (χ0v) is 11.2. The second kappa shape index (κ2) is 6.31. The Morgan fingerprint density at radius 2 is 2.35 bits per heavy atom. The largest absolute Gasteiger partial charge is 0.394 e. The van der Waals surface area contributed by atoms with Crippen LogP contribution < -0.4 is 11.2 Å². The Balaban J connectivity index is 2.36. The summed E-state index contributed by atoms with van der Waals surface area (Å²) in [6.45, 7) is 1.74. The molecule has 0 unspecified atom stereocenters. The summed E-state index contributed by atoms with van der Waals surface area (Å²) < 4.78 is 6.64. The monoisotopic (exact) mass is 285 g/mol. The summed E-state index contributed by atoms with van der Waals surface area (Å²) in [5.74, 6) is 0.110. The highest BCUT2D eigenvalue weighted by Crippen LogP contribution is 2.28. The fraction of sp³-hybridized carbons (Fsp3) is 0.667. The predicted octanol–water partition coefficient (Wildman–Crippen LogP) is -0.362. The molecule has 0 bridgehead atoms. The topological polar surface area (TPSA) is 117 Å². The van der Waals surface area contributed by atoms with E-state index in [1.54, 1.807) is 0 Å². The maximum Gasteiger partial charge on any atom is 0.351 e. The van der Waals surface area contributed by atoms with Crippen LogP contribution in [0.2, 0.25) is 0 Å². The van der Waals surface area contributed by atoms with E-state index < -0.39 is 24.1 Å². The van der Waals surface area contributed by atoms with Gasteiger partial charge in [0.05, 0.1) is 12.7 Å². The van der Waals surface area contributed by atoms with E-state index in [4.69, 9.17) is 15.1 Å². The summed E-state index contributed by atoms with van der Waals surface area (Å²) in [4.78, 5) is 15.7. The van der Waals surface area contributed by atoms with Crippen molar-refractivity contribution in [3.05, 3.63) is 22.2 Å². The standard InChI is InChI=1S/C12H19N3O5/c1-2-3-7-5-15(12(18)13-10(7)14-19)11-9(17)4-8(6-16)20-11/h5,8-9,11,16-17,19H,2-4,6H2,1H3,(H,13,14,18)/t8-,9+,11+/m0/s1. The van der Waals surface area contributed by atoms with Gasteiger partial charge in [0.1, 0.15) is 6.10 Å². The van der Waals surface area contributed by atoms with E-state index in [0.717, 1.165) is 6.42 Å². The highest BCUT2D eigenvalue weighted by Gasteiger charge is 2.35. The molecule has 0 spiro atoms. The van der Waals surface area contributed by atoms with Crippen LogP contribution in [0.3, 0.4) is 0 Å². The number of aliphatic hydroxyl groups excluding tert-OH is 2. The molecule has 4 N–H and O–H groups in total. The first-order valence-corrected chi connectivity index (χ1v) is 6.57. The van der Waals surface area contributed by atoms with Gasteiger partial charge >= 0.3 is 5.69 Å². The molecule has 3 atom stereocenters. The summed E-state index contributed by atoms with van der Waals surface area (Å²) in [6.07, 6.45) is 0.961. The van der Waals surface area contributed by atoms with Gasteiger partial charge in [-0.05, 0) is 6.42 Å². The number of aliphatic hydroxyl groups is 2. The van der Waals surface area contributed by atoms with Crippen molar-refractivity contribution in [3.63, 3.8) is 0 Å². The van der Waals surface area contributed by atoms with Crippen LogP contribution in [0.25, 0.3) is 0 Å². The summed E-state index contributed by atoms with van der Waals surface area (Å²) in [5.41, 5.74) is 1.92. The SMILES string of the molecule is CCCc1cn([C@@H]2O[C@H](CO)C[C@H]2O)c(=O)nc1NO. The lowest BCUT2D eigenvalue weighted by Gasteiger charge is -2.19. The smallest absolute Gasteiger partial charge is 0.351 e. The van der Waals surface area contributed by atoms with Gasteiger partial charge in [-0.3, -0.25) is 15.3 Å². The average molecular weight is 285 g/mol. The maximum absolute atomic E-state index is 11.9. The highest BCUT2D eigenvalue weighted by atomic mass is 16.5. The van der Waals surface area contributed by atoms with Crippen LogP contribution in [0.4, 0.5) is 5.82 Å². The maximum atomic E-state index is 11.9. The predicted molar refractivity (Wildman–Crippen MR) is 69.5 cm³/mol. The Morgan fingerprint density at radius 3 is 2.90 bits per heavy atom. The molecule has 0 amide bonds. The van der Waals surface area contributed by atoms with Crippen molar-refractivity contribution in [2.75, 3.05) is 12.1 Å². The van der Waals surface area contributed by atoms with Crippen LogP contribution in [0.5, 0.6) is 0 Å². The van der Waals surface area contributed by atoms with Gasteiger partial charge in [0.25, 0.3) is 0 Å². The zero-order chi connectivity index (χ0) is 14.7. The first-order chi connectivity index (χ1) is 9.60. The van der Waals surface area contributed by atoms with Crippen molar-refractivity contribution < 1.29 is 20.2 Å². The second-order valence-electron chi connectivity index (χ2n) is 4.80. The van der Waals surface area contributed by atoms with Gasteiger partial charge in [-0.1, -0.05) is 13.3 Å². The molecule has 1 aliphatic heterocycles. The number of rotatable bonds is 5. The van der Waals surface area contributed by atoms with Crippen molar-refractivity contribution in [1.29, 1.82) is 0 Å². The molecule has 8 nitrogen and oxygen atoms in total. The molecule has 2 heterocycles. The molecular formula is C12H19N3O5. The van der Waals surface area contributed by atoms with Gasteiger partial charge in [0.2, 0.25) is 0 Å². The third-order valence-electron chi connectivity index (χ3n) is 3.30. The minimum atomic E-state index is -0.880. The van der Waals surface area contributed by atoms with E-state index in [2.05, 4.69) is 4.98 Å². The van der Waals surface area contributed by atoms with E-state index in [1.807, 2.05) is 12.4 Å². The first kappa shape index (κ1) is 14.9. The Bertz CT molecular complexity index is 518. The summed E-state index contributed by atoms with van der Waals surface area (Å²) in [6, 6.07) is 0. The van der Waals surface area contributed by atoms with E-state index in [1.165, 1.54) is 10.8 Å². The molecule has 20 heavy (non-hydrogen) atoms. The minimum Gasteiger partial charge on any atom is -0.394 e. The van der Waals surface area contributed by atoms with Crippen LogP contribution in [0.1, 0.15) is 31.6 Å². The lowest BCUT2D eigenvalue weighted by atomic mass is 10.1. The van der Waals surface area contributed by atoms with Crippen LogP contribution in [0, 0.1) is 0 Å². The number of nitrogens with zero attached hydrogens (tertiary/aromatic N) is 2. The molecular weight excluding hydrogens is 266 g/mol. The van der Waals surface area contributed by atoms with E-state index in [0.29, 0.717) is 12.0 Å². The average Bonchev–Trinajstić information content (AvgIpc) is 2.81. The lowest BCUT2D eigenvalue weighted by Crippen LogP contribution is -2.32. The Labute approximate surface area is 115 Å². The number of aromatic nitrogens is 2. The molecule has 112 valence electrons. The summed E-state index contributed by atoms with van der Waals surface area (Å²) in [7, 11) is 0. The summed E-state index contributed by atoms with van der Waals surface area (Å²) in [5, 5.41) is 28.0. The number of hydrogen-bond donors (Lipinski definition) is 4. The second-order valence-corrected chi connectivity index (χ2v) is 4.80. The Kier molecular flexibility index (Phi) is 4.71. The third kappa shape index (κ3) is 2.83. The fourth-order valence-corrected chi connectivity index (χ4v) is 2.34. The van der Waals surface area contributed by atoms with E-state index >= 15 is 0 Å². The molecule has 1 aliphatic rings. The molecule has 8 heteroatoms. The molecule has 1 saturated heterocycles. The quantitative estimate of drug-likeness (QED) is 0.546. The van der Waals surface area contributed by atoms with Crippen molar-refractivity contribution in [2.24, 2.45) is 0 Å². The molecule has 1 fully saturated rings. The van der Waals surface area contributed by atoms with Gasteiger partial charge in [0.15, 0.2) is 12.0 Å². The molecule has 1 aromatic rings. The number of hydrogen-bond acceptors (Lipinski definition) is 7. The molecule has 0 aromatic carbocycles. The van der Waals surface area contributed by atoms with Gasteiger partial charge in [-0.15, -0.1) is 0 Å². The van der Waals surface area contributed by atoms with Crippen LogP contribution in [-0.4, -0.2) is 43.8 Å². The molecule has 1 aromatic heterocycles. The highest BCUT2D eigenvalue weighted by molar-refractivity contribution is 5.40. The Morgan fingerprint density at radius 1 is 1.60 bits per heavy atom. The third-order valence-corrected chi connectivity index (χ3v) is 3.30. The first-order valence-electron chi connectivity index (χ1n) is 6.57. The molecule has 0 aliphatic carbocycles. The van der Waals surface area contributed by atoms with Crippen LogP contribution >= 0.6 is 0 Å². The fourth-order valence-electron chi connectivity index (χ4n) is 2.34. The van der Waals surface area contributed by atoms with Crippen LogP contribution in [-0.2, 0) is 11.2 Å². The van der Waals surface area contributed by atoms with Crippen molar-refractivity contribution in [3.8, 4) is 0 Å². The number of anilines is 1.